The van der Waals surface area contributed by atoms with Gasteiger partial charge in [0.1, 0.15) is 12.4 Å². The number of nitrogens with zero attached hydrogens (tertiary/aromatic N) is 1. The van der Waals surface area contributed by atoms with E-state index in [-0.39, 0.29) is 29.9 Å². The molecule has 148 valence electrons. The molecular formula is C19H27IN4O2S. The highest BCUT2D eigenvalue weighted by Crippen LogP contribution is 2.19. The first-order valence-corrected chi connectivity index (χ1v) is 9.45. The van der Waals surface area contributed by atoms with Gasteiger partial charge in [-0.15, -0.1) is 35.3 Å². The number of carbonyl (C=O) groups excluding carboxylic acids is 1. The van der Waals surface area contributed by atoms with Crippen molar-refractivity contribution in [2.45, 2.75) is 19.8 Å². The van der Waals surface area contributed by atoms with Gasteiger partial charge in [-0.25, -0.2) is 0 Å². The Morgan fingerprint density at radius 2 is 2.07 bits per heavy atom. The van der Waals surface area contributed by atoms with E-state index in [9.17, 15) is 4.79 Å². The van der Waals surface area contributed by atoms with Gasteiger partial charge in [-0.05, 0) is 23.6 Å². The van der Waals surface area contributed by atoms with Crippen LogP contribution in [0.5, 0.6) is 5.75 Å². The van der Waals surface area contributed by atoms with Crippen LogP contribution >= 0.6 is 35.3 Å². The molecule has 0 saturated carbocycles. The quantitative estimate of drug-likeness (QED) is 0.223. The number of benzene rings is 1. The second-order valence-electron chi connectivity index (χ2n) is 5.85. The van der Waals surface area contributed by atoms with Crippen LogP contribution in [0.25, 0.3) is 0 Å². The second-order valence-corrected chi connectivity index (χ2v) is 6.83. The predicted molar refractivity (Wildman–Crippen MR) is 124 cm³/mol. The molecule has 0 aliphatic rings. The highest BCUT2D eigenvalue weighted by Gasteiger charge is 2.07. The fourth-order valence-corrected chi connectivity index (χ4v) is 3.13. The average molecular weight is 502 g/mol. The van der Waals surface area contributed by atoms with Crippen LogP contribution in [0.1, 0.15) is 24.6 Å². The third kappa shape index (κ3) is 8.61. The van der Waals surface area contributed by atoms with Crippen molar-refractivity contribution in [3.05, 3.63) is 46.7 Å². The number of thiophene rings is 1. The van der Waals surface area contributed by atoms with Crippen LogP contribution in [0.15, 0.2) is 46.8 Å². The molecule has 1 heterocycles. The van der Waals surface area contributed by atoms with E-state index in [1.807, 2.05) is 18.2 Å². The predicted octanol–water partition coefficient (Wildman–Crippen LogP) is 3.67. The Bertz CT molecular complexity index is 722. The minimum Gasteiger partial charge on any atom is -0.492 e. The Labute approximate surface area is 181 Å². The first-order chi connectivity index (χ1) is 12.6. The Kier molecular flexibility index (Phi) is 10.8. The maximum absolute atomic E-state index is 11.1. The third-order valence-corrected chi connectivity index (χ3v) is 4.75. The van der Waals surface area contributed by atoms with Gasteiger partial charge in [-0.2, -0.15) is 0 Å². The molecule has 2 aromatic rings. The molecule has 1 amide bonds. The van der Waals surface area contributed by atoms with Gasteiger partial charge in [0.25, 0.3) is 0 Å². The van der Waals surface area contributed by atoms with Gasteiger partial charge < -0.3 is 20.7 Å². The molecule has 0 radical (unpaired) electrons. The number of amides is 1. The van der Waals surface area contributed by atoms with Gasteiger partial charge in [0.15, 0.2) is 5.96 Å². The van der Waals surface area contributed by atoms with Gasteiger partial charge in [0.2, 0.25) is 5.91 Å². The number of halogens is 1. The molecule has 0 aliphatic carbocycles. The molecule has 0 fully saturated rings. The van der Waals surface area contributed by atoms with E-state index < -0.39 is 0 Å². The number of hydrogen-bond acceptors (Lipinski definition) is 4. The van der Waals surface area contributed by atoms with Crippen LogP contribution in [0.3, 0.4) is 0 Å². The first-order valence-electron chi connectivity index (χ1n) is 8.57. The van der Waals surface area contributed by atoms with E-state index in [1.165, 1.54) is 11.8 Å². The van der Waals surface area contributed by atoms with Crippen molar-refractivity contribution >= 4 is 52.9 Å². The lowest BCUT2D eigenvalue weighted by Crippen LogP contribution is -2.40. The van der Waals surface area contributed by atoms with Gasteiger partial charge in [0.05, 0.1) is 6.54 Å². The Morgan fingerprint density at radius 1 is 1.26 bits per heavy atom. The van der Waals surface area contributed by atoms with Crippen LogP contribution in [0, 0.1) is 0 Å². The number of hydrogen-bond donors (Lipinski definition) is 3. The van der Waals surface area contributed by atoms with E-state index in [1.54, 1.807) is 24.5 Å². The smallest absolute Gasteiger partial charge is 0.221 e. The Hall–Kier alpha value is -1.81. The number of nitrogens with one attached hydrogen (secondary N) is 3. The number of carbonyl (C=O) groups is 1. The maximum Gasteiger partial charge on any atom is 0.221 e. The van der Waals surface area contributed by atoms with Gasteiger partial charge in [-0.3, -0.25) is 9.79 Å². The van der Waals surface area contributed by atoms with E-state index >= 15 is 0 Å². The molecule has 1 unspecified atom stereocenters. The van der Waals surface area contributed by atoms with Crippen molar-refractivity contribution in [1.82, 2.24) is 10.6 Å². The lowest BCUT2D eigenvalue weighted by molar-refractivity contribution is -0.114. The Morgan fingerprint density at radius 3 is 2.74 bits per heavy atom. The lowest BCUT2D eigenvalue weighted by atomic mass is 10.1. The second kappa shape index (κ2) is 12.6. The zero-order valence-corrected chi connectivity index (χ0v) is 19.0. The summed E-state index contributed by atoms with van der Waals surface area (Å²) >= 11 is 1.77. The zero-order chi connectivity index (χ0) is 18.8. The standard InChI is InChI=1S/C19H26N4O2S.HI/c1-14(18-8-5-11-26-18)13-22-19(20-3)21-9-10-25-17-7-4-6-16(12-17)23-15(2)24;/h4-8,11-12,14H,9-10,13H2,1-3H3,(H,23,24)(H2,20,21,22);1H. The summed E-state index contributed by atoms with van der Waals surface area (Å²) in [6.45, 7) is 5.61. The number of aliphatic imine (C=N–C) groups is 1. The fourth-order valence-electron chi connectivity index (χ4n) is 2.35. The van der Waals surface area contributed by atoms with Crippen LogP contribution < -0.4 is 20.7 Å². The van der Waals surface area contributed by atoms with E-state index in [0.29, 0.717) is 24.8 Å². The topological polar surface area (TPSA) is 74.8 Å². The van der Waals surface area contributed by atoms with Crippen LogP contribution in [-0.4, -0.2) is 38.6 Å². The third-order valence-electron chi connectivity index (χ3n) is 3.65. The van der Waals surface area contributed by atoms with Crippen LogP contribution in [-0.2, 0) is 4.79 Å². The highest BCUT2D eigenvalue weighted by molar-refractivity contribution is 14.0. The van der Waals surface area contributed by atoms with E-state index in [4.69, 9.17) is 4.74 Å². The van der Waals surface area contributed by atoms with Crippen molar-refractivity contribution in [2.24, 2.45) is 4.99 Å². The molecule has 0 bridgehead atoms. The summed E-state index contributed by atoms with van der Waals surface area (Å²) in [7, 11) is 1.75. The zero-order valence-electron chi connectivity index (χ0n) is 15.8. The summed E-state index contributed by atoms with van der Waals surface area (Å²) in [6.07, 6.45) is 0. The van der Waals surface area contributed by atoms with Crippen molar-refractivity contribution in [3.8, 4) is 5.75 Å². The van der Waals surface area contributed by atoms with Gasteiger partial charge >= 0.3 is 0 Å². The number of guanidine groups is 1. The van der Waals surface area contributed by atoms with Crippen molar-refractivity contribution in [3.63, 3.8) is 0 Å². The normalized spacial score (nSPS) is 11.9. The summed E-state index contributed by atoms with van der Waals surface area (Å²) in [5.74, 6) is 1.80. The van der Waals surface area contributed by atoms with Crippen molar-refractivity contribution in [2.75, 3.05) is 32.1 Å². The molecule has 6 nitrogen and oxygen atoms in total. The molecule has 2 rings (SSSR count). The number of anilines is 1. The molecule has 0 spiro atoms. The van der Waals surface area contributed by atoms with Crippen LogP contribution in [0.2, 0.25) is 0 Å². The van der Waals surface area contributed by atoms with Crippen LogP contribution in [0.4, 0.5) is 5.69 Å². The summed E-state index contributed by atoms with van der Waals surface area (Å²) in [4.78, 5) is 16.7. The minimum atomic E-state index is -0.101. The highest BCUT2D eigenvalue weighted by atomic mass is 127. The fraction of sp³-hybridized carbons (Fsp3) is 0.368. The lowest BCUT2D eigenvalue weighted by Gasteiger charge is -2.15. The molecule has 8 heteroatoms. The summed E-state index contributed by atoms with van der Waals surface area (Å²) in [6, 6.07) is 11.6. The number of rotatable bonds is 8. The molecule has 1 atom stereocenters. The number of ether oxygens (including phenoxy) is 1. The molecule has 3 N–H and O–H groups in total. The minimum absolute atomic E-state index is 0. The SMILES string of the molecule is CN=C(NCCOc1cccc(NC(C)=O)c1)NCC(C)c1cccs1.I. The average Bonchev–Trinajstić information content (AvgIpc) is 3.15. The summed E-state index contributed by atoms with van der Waals surface area (Å²) in [5.41, 5.74) is 0.725. The maximum atomic E-state index is 11.1. The van der Waals surface area contributed by atoms with E-state index in [2.05, 4.69) is 45.4 Å². The summed E-state index contributed by atoms with van der Waals surface area (Å²) in [5, 5.41) is 11.4. The first kappa shape index (κ1) is 23.2. The molecular weight excluding hydrogens is 475 g/mol. The van der Waals surface area contributed by atoms with Crippen molar-refractivity contribution in [1.29, 1.82) is 0 Å². The molecule has 1 aromatic heterocycles. The van der Waals surface area contributed by atoms with E-state index in [0.717, 1.165) is 18.2 Å². The van der Waals surface area contributed by atoms with Crippen molar-refractivity contribution < 1.29 is 9.53 Å². The van der Waals surface area contributed by atoms with Gasteiger partial charge in [-0.1, -0.05) is 19.1 Å². The molecule has 0 saturated heterocycles. The monoisotopic (exact) mass is 502 g/mol. The largest absolute Gasteiger partial charge is 0.492 e. The molecule has 27 heavy (non-hydrogen) atoms. The summed E-state index contributed by atoms with van der Waals surface area (Å²) < 4.78 is 5.71. The molecule has 0 aliphatic heterocycles. The molecule has 1 aromatic carbocycles. The Balaban J connectivity index is 0.00000364. The van der Waals surface area contributed by atoms with Gasteiger partial charge in [0, 0.05) is 43.1 Å².